The summed E-state index contributed by atoms with van der Waals surface area (Å²) in [6, 6.07) is 5.85. The summed E-state index contributed by atoms with van der Waals surface area (Å²) < 4.78 is 13.1. The third kappa shape index (κ3) is 2.20. The molecule has 1 aromatic rings. The third-order valence-electron chi connectivity index (χ3n) is 3.31. The van der Waals surface area contributed by atoms with E-state index in [2.05, 4.69) is 12.2 Å². The number of hydrogen-bond acceptors (Lipinski definition) is 1. The maximum absolute atomic E-state index is 13.1. The second-order valence-electron chi connectivity index (χ2n) is 4.56. The van der Waals surface area contributed by atoms with Gasteiger partial charge in [0.25, 0.3) is 0 Å². The van der Waals surface area contributed by atoms with Crippen molar-refractivity contribution in [1.29, 1.82) is 0 Å². The quantitative estimate of drug-likeness (QED) is 0.745. The van der Waals surface area contributed by atoms with Crippen molar-refractivity contribution >= 4 is 0 Å². The van der Waals surface area contributed by atoms with Gasteiger partial charge >= 0.3 is 0 Å². The molecule has 2 rings (SSSR count). The molecule has 1 heterocycles. The van der Waals surface area contributed by atoms with Gasteiger partial charge in [0, 0.05) is 6.04 Å². The van der Waals surface area contributed by atoms with E-state index >= 15 is 0 Å². The molecule has 0 aliphatic carbocycles. The summed E-state index contributed by atoms with van der Waals surface area (Å²) in [4.78, 5) is 0. The molecule has 1 aromatic carbocycles. The van der Waals surface area contributed by atoms with Crippen LogP contribution in [0.4, 0.5) is 4.39 Å². The van der Waals surface area contributed by atoms with Gasteiger partial charge in [-0.15, -0.1) is 0 Å². The van der Waals surface area contributed by atoms with Gasteiger partial charge in [-0.05, 0) is 49.4 Å². The number of piperidine rings is 1. The topological polar surface area (TPSA) is 12.0 Å². The second-order valence-corrected chi connectivity index (χ2v) is 4.56. The predicted octanol–water partition coefficient (Wildman–Crippen LogP) is 3.19. The zero-order valence-corrected chi connectivity index (χ0v) is 9.39. The molecule has 0 bridgehead atoms. The van der Waals surface area contributed by atoms with E-state index in [-0.39, 0.29) is 5.82 Å². The lowest BCUT2D eigenvalue weighted by Crippen LogP contribution is -2.32. The van der Waals surface area contributed by atoms with Crippen LogP contribution in [0.15, 0.2) is 18.2 Å². The molecule has 15 heavy (non-hydrogen) atoms. The van der Waals surface area contributed by atoms with Crippen molar-refractivity contribution in [3.63, 3.8) is 0 Å². The summed E-state index contributed by atoms with van der Waals surface area (Å²) >= 11 is 0. The van der Waals surface area contributed by atoms with Crippen LogP contribution in [0.1, 0.15) is 36.9 Å². The summed E-state index contributed by atoms with van der Waals surface area (Å²) in [7, 11) is 0. The molecule has 2 heteroatoms. The molecular weight excluding hydrogens is 189 g/mol. The highest BCUT2D eigenvalue weighted by atomic mass is 19.1. The SMILES string of the molecule is Cc1cc(C2NCCCC2C)ccc1F. The molecule has 1 N–H and O–H groups in total. The average Bonchev–Trinajstić information content (AvgIpc) is 2.23. The highest BCUT2D eigenvalue weighted by molar-refractivity contribution is 5.27. The van der Waals surface area contributed by atoms with Crippen molar-refractivity contribution in [2.24, 2.45) is 5.92 Å². The standard InChI is InChI=1S/C13H18FN/c1-9-4-3-7-15-13(9)11-5-6-12(14)10(2)8-11/h5-6,8-9,13,15H,3-4,7H2,1-2H3. The first-order chi connectivity index (χ1) is 7.18. The molecule has 82 valence electrons. The zero-order valence-electron chi connectivity index (χ0n) is 9.39. The molecular formula is C13H18FN. The van der Waals surface area contributed by atoms with E-state index in [0.717, 1.165) is 12.1 Å². The average molecular weight is 207 g/mol. The van der Waals surface area contributed by atoms with E-state index in [0.29, 0.717) is 12.0 Å². The summed E-state index contributed by atoms with van der Waals surface area (Å²) in [5.74, 6) is 0.533. The van der Waals surface area contributed by atoms with Crippen molar-refractivity contribution in [2.45, 2.75) is 32.7 Å². The van der Waals surface area contributed by atoms with Gasteiger partial charge < -0.3 is 5.32 Å². The maximum Gasteiger partial charge on any atom is 0.126 e. The largest absolute Gasteiger partial charge is 0.310 e. The molecule has 0 aromatic heterocycles. The second kappa shape index (κ2) is 4.31. The Morgan fingerprint density at radius 1 is 1.40 bits per heavy atom. The number of nitrogens with one attached hydrogen (secondary N) is 1. The van der Waals surface area contributed by atoms with Crippen LogP contribution in [0.2, 0.25) is 0 Å². The molecule has 2 unspecified atom stereocenters. The van der Waals surface area contributed by atoms with E-state index in [9.17, 15) is 4.39 Å². The first kappa shape index (κ1) is 10.6. The number of halogens is 1. The number of benzene rings is 1. The van der Waals surface area contributed by atoms with Gasteiger partial charge in [0.05, 0.1) is 0 Å². The summed E-state index contributed by atoms with van der Waals surface area (Å²) in [6.07, 6.45) is 2.51. The van der Waals surface area contributed by atoms with Crippen LogP contribution >= 0.6 is 0 Å². The van der Waals surface area contributed by atoms with Crippen molar-refractivity contribution in [3.05, 3.63) is 35.1 Å². The summed E-state index contributed by atoms with van der Waals surface area (Å²) in [5.41, 5.74) is 1.97. The predicted molar refractivity (Wildman–Crippen MR) is 60.3 cm³/mol. The van der Waals surface area contributed by atoms with E-state index in [1.807, 2.05) is 19.1 Å². The number of aryl methyl sites for hydroxylation is 1. The Morgan fingerprint density at radius 3 is 2.87 bits per heavy atom. The lowest BCUT2D eigenvalue weighted by molar-refractivity contribution is 0.305. The Bertz CT molecular complexity index is 348. The Hall–Kier alpha value is -0.890. The van der Waals surface area contributed by atoms with E-state index in [1.165, 1.54) is 18.4 Å². The number of hydrogen-bond donors (Lipinski definition) is 1. The fourth-order valence-electron chi connectivity index (χ4n) is 2.36. The van der Waals surface area contributed by atoms with Crippen LogP contribution in [0.3, 0.4) is 0 Å². The van der Waals surface area contributed by atoms with Crippen LogP contribution in [-0.4, -0.2) is 6.54 Å². The minimum Gasteiger partial charge on any atom is -0.310 e. The van der Waals surface area contributed by atoms with Crippen LogP contribution in [0.25, 0.3) is 0 Å². The van der Waals surface area contributed by atoms with Gasteiger partial charge in [-0.3, -0.25) is 0 Å². The molecule has 1 saturated heterocycles. The number of rotatable bonds is 1. The fourth-order valence-corrected chi connectivity index (χ4v) is 2.36. The highest BCUT2D eigenvalue weighted by Gasteiger charge is 2.22. The van der Waals surface area contributed by atoms with Crippen LogP contribution < -0.4 is 5.32 Å². The van der Waals surface area contributed by atoms with Gasteiger partial charge in [0.15, 0.2) is 0 Å². The van der Waals surface area contributed by atoms with E-state index in [1.54, 1.807) is 6.07 Å². The van der Waals surface area contributed by atoms with Gasteiger partial charge in [-0.1, -0.05) is 19.1 Å². The highest BCUT2D eigenvalue weighted by Crippen LogP contribution is 2.29. The van der Waals surface area contributed by atoms with Crippen molar-refractivity contribution < 1.29 is 4.39 Å². The molecule has 0 saturated carbocycles. The molecule has 1 nitrogen and oxygen atoms in total. The molecule has 2 atom stereocenters. The summed E-state index contributed by atoms with van der Waals surface area (Å²) in [5, 5.41) is 3.51. The van der Waals surface area contributed by atoms with Crippen molar-refractivity contribution in [1.82, 2.24) is 5.32 Å². The fraction of sp³-hybridized carbons (Fsp3) is 0.538. The Balaban J connectivity index is 2.24. The van der Waals surface area contributed by atoms with Gasteiger partial charge in [0.1, 0.15) is 5.82 Å². The third-order valence-corrected chi connectivity index (χ3v) is 3.31. The zero-order chi connectivity index (χ0) is 10.8. The first-order valence-corrected chi connectivity index (χ1v) is 5.68. The van der Waals surface area contributed by atoms with E-state index < -0.39 is 0 Å². The van der Waals surface area contributed by atoms with Crippen LogP contribution in [0.5, 0.6) is 0 Å². The summed E-state index contributed by atoms with van der Waals surface area (Å²) in [6.45, 7) is 5.16. The molecule has 1 aliphatic heterocycles. The molecule has 0 spiro atoms. The Kier molecular flexibility index (Phi) is 3.06. The van der Waals surface area contributed by atoms with E-state index in [4.69, 9.17) is 0 Å². The maximum atomic E-state index is 13.1. The van der Waals surface area contributed by atoms with Crippen molar-refractivity contribution in [3.8, 4) is 0 Å². The normalized spacial score (nSPS) is 26.6. The van der Waals surface area contributed by atoms with Crippen molar-refractivity contribution in [2.75, 3.05) is 6.54 Å². The molecule has 0 amide bonds. The monoisotopic (exact) mass is 207 g/mol. The smallest absolute Gasteiger partial charge is 0.126 e. The molecule has 1 aliphatic rings. The minimum atomic E-state index is -0.109. The lowest BCUT2D eigenvalue weighted by atomic mass is 9.87. The molecule has 1 fully saturated rings. The van der Waals surface area contributed by atoms with Gasteiger partial charge in [0.2, 0.25) is 0 Å². The molecule has 0 radical (unpaired) electrons. The first-order valence-electron chi connectivity index (χ1n) is 5.68. The Morgan fingerprint density at radius 2 is 2.20 bits per heavy atom. The van der Waals surface area contributed by atoms with Crippen LogP contribution in [0, 0.1) is 18.7 Å². The van der Waals surface area contributed by atoms with Gasteiger partial charge in [-0.25, -0.2) is 4.39 Å². The Labute approximate surface area is 90.7 Å². The van der Waals surface area contributed by atoms with Gasteiger partial charge in [-0.2, -0.15) is 0 Å². The minimum absolute atomic E-state index is 0.109. The lowest BCUT2D eigenvalue weighted by Gasteiger charge is -2.30. The van der Waals surface area contributed by atoms with Crippen LogP contribution in [-0.2, 0) is 0 Å².